The summed E-state index contributed by atoms with van der Waals surface area (Å²) in [6.07, 6.45) is 8.04. The fourth-order valence-corrected chi connectivity index (χ4v) is 2.30. The highest BCUT2D eigenvalue weighted by molar-refractivity contribution is 5.64. The molecule has 0 amide bonds. The summed E-state index contributed by atoms with van der Waals surface area (Å²) >= 11 is 0. The molecule has 0 spiro atoms. The van der Waals surface area contributed by atoms with Crippen LogP contribution in [0.1, 0.15) is 19.8 Å². The molecule has 2 aromatic rings. The van der Waals surface area contributed by atoms with Crippen LogP contribution in [0.25, 0.3) is 5.65 Å². The van der Waals surface area contributed by atoms with Crippen molar-refractivity contribution in [2.24, 2.45) is 0 Å². The topological polar surface area (TPSA) is 71.5 Å². The molecule has 3 N–H and O–H groups in total. The summed E-state index contributed by atoms with van der Waals surface area (Å²) in [5.41, 5.74) is 6.61. The van der Waals surface area contributed by atoms with Crippen molar-refractivity contribution in [2.45, 2.75) is 31.8 Å². The van der Waals surface area contributed by atoms with Crippen molar-refractivity contribution in [1.29, 1.82) is 0 Å². The Labute approximate surface area is 112 Å². The molecule has 6 heteroatoms. The van der Waals surface area contributed by atoms with Crippen molar-refractivity contribution in [2.75, 3.05) is 24.6 Å². The van der Waals surface area contributed by atoms with Crippen molar-refractivity contribution in [3.8, 4) is 0 Å². The van der Waals surface area contributed by atoms with Gasteiger partial charge in [0.05, 0.1) is 6.20 Å². The predicted octanol–water partition coefficient (Wildman–Crippen LogP) is 1.21. The van der Waals surface area contributed by atoms with Gasteiger partial charge in [0.15, 0.2) is 11.5 Å². The molecule has 1 atom stereocenters. The third-order valence-corrected chi connectivity index (χ3v) is 3.78. The highest BCUT2D eigenvalue weighted by Gasteiger charge is 2.29. The number of nitrogens with zero attached hydrogens (tertiary/aromatic N) is 4. The van der Waals surface area contributed by atoms with Gasteiger partial charge in [0, 0.05) is 31.0 Å². The molecule has 0 saturated heterocycles. The highest BCUT2D eigenvalue weighted by Crippen LogP contribution is 2.27. The smallest absolute Gasteiger partial charge is 0.180 e. The quantitative estimate of drug-likeness (QED) is 0.845. The van der Waals surface area contributed by atoms with Gasteiger partial charge in [-0.3, -0.25) is 4.90 Å². The van der Waals surface area contributed by atoms with Crippen molar-refractivity contribution in [3.05, 3.63) is 18.6 Å². The highest BCUT2D eigenvalue weighted by atomic mass is 15.2. The lowest BCUT2D eigenvalue weighted by Gasteiger charge is -2.24. The van der Waals surface area contributed by atoms with E-state index >= 15 is 0 Å². The Morgan fingerprint density at radius 1 is 1.58 bits per heavy atom. The Morgan fingerprint density at radius 3 is 3.11 bits per heavy atom. The van der Waals surface area contributed by atoms with Crippen LogP contribution in [0.15, 0.2) is 18.6 Å². The van der Waals surface area contributed by atoms with Gasteiger partial charge < -0.3 is 15.5 Å². The average Bonchev–Trinajstić information content (AvgIpc) is 3.13. The van der Waals surface area contributed by atoms with E-state index in [1.165, 1.54) is 12.8 Å². The summed E-state index contributed by atoms with van der Waals surface area (Å²) in [4.78, 5) is 11.0. The zero-order valence-corrected chi connectivity index (χ0v) is 11.4. The third kappa shape index (κ3) is 2.49. The summed E-state index contributed by atoms with van der Waals surface area (Å²) < 4.78 is 1.89. The SMILES string of the molecule is CC(CNc1nc(N)cn2ccnc12)N(C)C1CC1. The second kappa shape index (κ2) is 4.70. The number of fused-ring (bicyclic) bond motifs is 1. The van der Waals surface area contributed by atoms with Crippen LogP contribution in [0.4, 0.5) is 11.6 Å². The number of hydrogen-bond donors (Lipinski definition) is 2. The minimum atomic E-state index is 0.464. The maximum Gasteiger partial charge on any atom is 0.180 e. The summed E-state index contributed by atoms with van der Waals surface area (Å²) in [6.45, 7) is 3.06. The molecule has 19 heavy (non-hydrogen) atoms. The van der Waals surface area contributed by atoms with E-state index in [0.717, 1.165) is 24.1 Å². The minimum Gasteiger partial charge on any atom is -0.382 e. The standard InChI is InChI=1S/C13H20N6/c1-9(18(2)10-3-4-10)7-16-12-13-15-5-6-19(13)8-11(14)17-12/h5-6,8-10H,3-4,7,14H2,1-2H3,(H,16,17). The van der Waals surface area contributed by atoms with Gasteiger partial charge in [-0.05, 0) is 26.8 Å². The lowest BCUT2D eigenvalue weighted by Crippen LogP contribution is -2.36. The van der Waals surface area contributed by atoms with Crippen molar-refractivity contribution < 1.29 is 0 Å². The third-order valence-electron chi connectivity index (χ3n) is 3.78. The van der Waals surface area contributed by atoms with E-state index in [1.807, 2.05) is 10.6 Å². The fourth-order valence-electron chi connectivity index (χ4n) is 2.30. The normalized spacial score (nSPS) is 17.0. The Hall–Kier alpha value is -1.82. The summed E-state index contributed by atoms with van der Waals surface area (Å²) in [7, 11) is 2.18. The first-order valence-electron chi connectivity index (χ1n) is 6.70. The van der Waals surface area contributed by atoms with Gasteiger partial charge in [0.25, 0.3) is 0 Å². The van der Waals surface area contributed by atoms with Gasteiger partial charge in [-0.25, -0.2) is 9.97 Å². The van der Waals surface area contributed by atoms with Crippen molar-refractivity contribution in [1.82, 2.24) is 19.3 Å². The average molecular weight is 260 g/mol. The molecule has 3 rings (SSSR count). The van der Waals surface area contributed by atoms with Gasteiger partial charge in [0.2, 0.25) is 0 Å². The van der Waals surface area contributed by atoms with Gasteiger partial charge >= 0.3 is 0 Å². The molecule has 0 aliphatic heterocycles. The number of aromatic nitrogens is 3. The van der Waals surface area contributed by atoms with Crippen LogP contribution < -0.4 is 11.1 Å². The Morgan fingerprint density at radius 2 is 2.37 bits per heavy atom. The number of nitrogen functional groups attached to an aromatic ring is 1. The number of likely N-dealkylation sites (N-methyl/N-ethyl adjacent to an activating group) is 1. The van der Waals surface area contributed by atoms with Crippen LogP contribution >= 0.6 is 0 Å². The number of hydrogen-bond acceptors (Lipinski definition) is 5. The first kappa shape index (κ1) is 12.2. The first-order chi connectivity index (χ1) is 9.15. The van der Waals surface area contributed by atoms with Gasteiger partial charge in [-0.2, -0.15) is 0 Å². The monoisotopic (exact) mass is 260 g/mol. The largest absolute Gasteiger partial charge is 0.382 e. The molecule has 0 bridgehead atoms. The minimum absolute atomic E-state index is 0.464. The number of imidazole rings is 1. The molecule has 2 aromatic heterocycles. The van der Waals surface area contributed by atoms with Gasteiger partial charge in [-0.15, -0.1) is 0 Å². The van der Waals surface area contributed by atoms with Crippen LogP contribution in [0.3, 0.4) is 0 Å². The van der Waals surface area contributed by atoms with Crippen LogP contribution in [0.5, 0.6) is 0 Å². The van der Waals surface area contributed by atoms with E-state index in [2.05, 4.69) is 34.2 Å². The van der Waals surface area contributed by atoms with E-state index in [1.54, 1.807) is 12.4 Å². The number of rotatable bonds is 5. The number of nitrogens with one attached hydrogen (secondary N) is 1. The van der Waals surface area contributed by atoms with Crippen LogP contribution in [-0.4, -0.2) is 44.9 Å². The van der Waals surface area contributed by atoms with E-state index in [0.29, 0.717) is 11.9 Å². The zero-order valence-electron chi connectivity index (χ0n) is 11.4. The molecule has 1 aliphatic carbocycles. The van der Waals surface area contributed by atoms with E-state index in [-0.39, 0.29) is 0 Å². The second-order valence-electron chi connectivity index (χ2n) is 5.30. The van der Waals surface area contributed by atoms with E-state index in [4.69, 9.17) is 5.73 Å². The van der Waals surface area contributed by atoms with E-state index < -0.39 is 0 Å². The predicted molar refractivity (Wildman–Crippen MR) is 76.1 cm³/mol. The summed E-state index contributed by atoms with van der Waals surface area (Å²) in [5.74, 6) is 1.25. The van der Waals surface area contributed by atoms with Gasteiger partial charge in [-0.1, -0.05) is 0 Å². The number of nitrogens with two attached hydrogens (primary N) is 1. The van der Waals surface area contributed by atoms with Crippen LogP contribution in [0.2, 0.25) is 0 Å². The Kier molecular flexibility index (Phi) is 3.02. The molecule has 0 aromatic carbocycles. The Balaban J connectivity index is 1.72. The lowest BCUT2D eigenvalue weighted by molar-refractivity contribution is 0.257. The molecular weight excluding hydrogens is 240 g/mol. The summed E-state index contributed by atoms with van der Waals surface area (Å²) in [6, 6.07) is 1.22. The maximum atomic E-state index is 5.80. The molecule has 1 fully saturated rings. The molecule has 6 nitrogen and oxygen atoms in total. The summed E-state index contributed by atoms with van der Waals surface area (Å²) in [5, 5.41) is 3.36. The molecule has 1 aliphatic rings. The van der Waals surface area contributed by atoms with E-state index in [9.17, 15) is 0 Å². The second-order valence-corrected chi connectivity index (χ2v) is 5.30. The zero-order chi connectivity index (χ0) is 13.4. The molecule has 102 valence electrons. The molecule has 2 heterocycles. The molecule has 1 unspecified atom stereocenters. The fraction of sp³-hybridized carbons (Fsp3) is 0.538. The molecule has 1 saturated carbocycles. The maximum absolute atomic E-state index is 5.80. The number of anilines is 2. The first-order valence-corrected chi connectivity index (χ1v) is 6.70. The van der Waals surface area contributed by atoms with Crippen molar-refractivity contribution in [3.63, 3.8) is 0 Å². The Bertz CT molecular complexity index is 574. The van der Waals surface area contributed by atoms with Crippen LogP contribution in [0, 0.1) is 0 Å². The van der Waals surface area contributed by atoms with Crippen molar-refractivity contribution >= 4 is 17.3 Å². The lowest BCUT2D eigenvalue weighted by atomic mass is 10.3. The van der Waals surface area contributed by atoms with Gasteiger partial charge in [0.1, 0.15) is 5.82 Å². The molecular formula is C13H20N6. The molecule has 0 radical (unpaired) electrons. The van der Waals surface area contributed by atoms with Crippen LogP contribution in [-0.2, 0) is 0 Å².